The molecule has 0 radical (unpaired) electrons. The standard InChI is InChI=1S/C12H20N2O3S/c1-7(11(16)17-12(2,3)4)14-6-8(10(13)18)5-9(14)15/h7-8H,5-6H2,1-4H3,(H2,13,18). The van der Waals surface area contributed by atoms with Crippen LogP contribution in [0, 0.1) is 5.92 Å². The summed E-state index contributed by atoms with van der Waals surface area (Å²) in [5.74, 6) is -0.650. The number of carbonyl (C=O) groups is 2. The molecule has 0 aliphatic carbocycles. The van der Waals surface area contributed by atoms with Gasteiger partial charge in [-0.2, -0.15) is 0 Å². The van der Waals surface area contributed by atoms with Gasteiger partial charge >= 0.3 is 5.97 Å². The predicted molar refractivity (Wildman–Crippen MR) is 71.9 cm³/mol. The van der Waals surface area contributed by atoms with Crippen molar-refractivity contribution in [1.82, 2.24) is 4.90 Å². The van der Waals surface area contributed by atoms with Crippen LogP contribution < -0.4 is 5.73 Å². The Hall–Kier alpha value is -1.17. The van der Waals surface area contributed by atoms with Gasteiger partial charge in [-0.1, -0.05) is 12.2 Å². The fourth-order valence-corrected chi connectivity index (χ4v) is 1.97. The van der Waals surface area contributed by atoms with E-state index in [9.17, 15) is 9.59 Å². The van der Waals surface area contributed by atoms with E-state index >= 15 is 0 Å². The van der Waals surface area contributed by atoms with Gasteiger partial charge in [0.1, 0.15) is 11.6 Å². The lowest BCUT2D eigenvalue weighted by Crippen LogP contribution is -2.43. The highest BCUT2D eigenvalue weighted by Crippen LogP contribution is 2.22. The van der Waals surface area contributed by atoms with Crippen LogP contribution in [0.3, 0.4) is 0 Å². The van der Waals surface area contributed by atoms with Crippen molar-refractivity contribution in [2.24, 2.45) is 11.7 Å². The lowest BCUT2D eigenvalue weighted by Gasteiger charge is -2.27. The smallest absolute Gasteiger partial charge is 0.329 e. The van der Waals surface area contributed by atoms with Crippen LogP contribution in [0.2, 0.25) is 0 Å². The van der Waals surface area contributed by atoms with Gasteiger partial charge in [0.05, 0.1) is 4.99 Å². The summed E-state index contributed by atoms with van der Waals surface area (Å²) in [6, 6.07) is -0.601. The van der Waals surface area contributed by atoms with Crippen molar-refractivity contribution in [2.45, 2.75) is 45.8 Å². The first-order chi connectivity index (χ1) is 8.11. The molecule has 0 bridgehead atoms. The van der Waals surface area contributed by atoms with Crippen LogP contribution in [0.5, 0.6) is 0 Å². The number of esters is 1. The summed E-state index contributed by atoms with van der Waals surface area (Å²) in [7, 11) is 0. The van der Waals surface area contributed by atoms with E-state index in [1.807, 2.05) is 0 Å². The first kappa shape index (κ1) is 14.9. The summed E-state index contributed by atoms with van der Waals surface area (Å²) in [5, 5.41) is 0. The number of carbonyl (C=O) groups excluding carboxylic acids is 2. The number of thiocarbonyl (C=S) groups is 1. The third kappa shape index (κ3) is 3.66. The van der Waals surface area contributed by atoms with E-state index in [0.29, 0.717) is 11.5 Å². The maximum atomic E-state index is 11.9. The lowest BCUT2D eigenvalue weighted by atomic mass is 10.1. The van der Waals surface area contributed by atoms with Crippen molar-refractivity contribution in [3.05, 3.63) is 0 Å². The Kier molecular flexibility index (Phi) is 4.32. The highest BCUT2D eigenvalue weighted by atomic mass is 32.1. The molecule has 0 saturated carbocycles. The molecule has 2 N–H and O–H groups in total. The predicted octanol–water partition coefficient (Wildman–Crippen LogP) is 0.851. The molecule has 0 aromatic carbocycles. The molecule has 1 rings (SSSR count). The largest absolute Gasteiger partial charge is 0.458 e. The summed E-state index contributed by atoms with van der Waals surface area (Å²) >= 11 is 4.88. The molecule has 5 nitrogen and oxygen atoms in total. The zero-order chi connectivity index (χ0) is 14.1. The zero-order valence-corrected chi connectivity index (χ0v) is 12.0. The molecule has 0 aromatic rings. The highest BCUT2D eigenvalue weighted by molar-refractivity contribution is 7.80. The Bertz CT molecular complexity index is 376. The fourth-order valence-electron chi connectivity index (χ4n) is 1.81. The second-order valence-corrected chi connectivity index (χ2v) is 6.03. The van der Waals surface area contributed by atoms with Crippen molar-refractivity contribution in [2.75, 3.05) is 6.54 Å². The normalized spacial score (nSPS) is 21.9. The summed E-state index contributed by atoms with van der Waals surface area (Å²) < 4.78 is 5.26. The molecule has 1 fully saturated rings. The number of amides is 1. The molecule has 18 heavy (non-hydrogen) atoms. The topological polar surface area (TPSA) is 72.6 Å². The minimum atomic E-state index is -0.601. The Morgan fingerprint density at radius 3 is 2.50 bits per heavy atom. The minimum absolute atomic E-state index is 0.105. The molecule has 1 heterocycles. The summed E-state index contributed by atoms with van der Waals surface area (Å²) in [6.45, 7) is 7.44. The van der Waals surface area contributed by atoms with E-state index in [1.54, 1.807) is 27.7 Å². The summed E-state index contributed by atoms with van der Waals surface area (Å²) in [5.41, 5.74) is 4.98. The quantitative estimate of drug-likeness (QED) is 0.609. The molecule has 102 valence electrons. The van der Waals surface area contributed by atoms with Crippen molar-refractivity contribution in [1.29, 1.82) is 0 Å². The van der Waals surface area contributed by atoms with Gasteiger partial charge in [0.25, 0.3) is 0 Å². The van der Waals surface area contributed by atoms with Crippen molar-refractivity contribution < 1.29 is 14.3 Å². The van der Waals surface area contributed by atoms with Gasteiger partial charge in [-0.25, -0.2) is 4.79 Å². The Labute approximate surface area is 113 Å². The minimum Gasteiger partial charge on any atom is -0.458 e. The number of likely N-dealkylation sites (tertiary alicyclic amines) is 1. The van der Waals surface area contributed by atoms with E-state index in [0.717, 1.165) is 0 Å². The van der Waals surface area contributed by atoms with Gasteiger partial charge in [0, 0.05) is 18.9 Å². The molecule has 1 aliphatic rings. The highest BCUT2D eigenvalue weighted by Gasteiger charge is 2.37. The Morgan fingerprint density at radius 1 is 1.56 bits per heavy atom. The van der Waals surface area contributed by atoms with Gasteiger partial charge in [-0.05, 0) is 27.7 Å². The molecule has 0 spiro atoms. The number of ether oxygens (including phenoxy) is 1. The van der Waals surface area contributed by atoms with Crippen molar-refractivity contribution in [3.63, 3.8) is 0 Å². The number of rotatable bonds is 3. The fraction of sp³-hybridized carbons (Fsp3) is 0.750. The van der Waals surface area contributed by atoms with Crippen LogP contribution in [-0.2, 0) is 14.3 Å². The maximum Gasteiger partial charge on any atom is 0.329 e. The Morgan fingerprint density at radius 2 is 2.11 bits per heavy atom. The molecular weight excluding hydrogens is 252 g/mol. The van der Waals surface area contributed by atoms with Crippen LogP contribution in [0.15, 0.2) is 0 Å². The first-order valence-corrected chi connectivity index (χ1v) is 6.34. The summed E-state index contributed by atoms with van der Waals surface area (Å²) in [4.78, 5) is 25.5. The molecule has 1 saturated heterocycles. The second kappa shape index (κ2) is 5.22. The molecule has 0 aromatic heterocycles. The maximum absolute atomic E-state index is 11.9. The molecule has 2 unspecified atom stereocenters. The summed E-state index contributed by atoms with van der Waals surface area (Å²) in [6.07, 6.45) is 0.280. The number of nitrogens with two attached hydrogens (primary N) is 1. The number of hydrogen-bond acceptors (Lipinski definition) is 4. The van der Waals surface area contributed by atoms with E-state index in [1.165, 1.54) is 4.90 Å². The van der Waals surface area contributed by atoms with Crippen molar-refractivity contribution in [3.8, 4) is 0 Å². The Balaban J connectivity index is 2.68. The van der Waals surface area contributed by atoms with Crippen LogP contribution in [-0.4, -0.2) is 40.0 Å². The molecule has 1 amide bonds. The lowest BCUT2D eigenvalue weighted by molar-refractivity contribution is -0.163. The zero-order valence-electron chi connectivity index (χ0n) is 11.2. The average molecular weight is 272 g/mol. The SMILES string of the molecule is CC(C(=O)OC(C)(C)C)N1CC(C(N)=S)CC1=O. The molecular formula is C12H20N2O3S. The van der Waals surface area contributed by atoms with Crippen molar-refractivity contribution >= 4 is 29.1 Å². The van der Waals surface area contributed by atoms with E-state index in [-0.39, 0.29) is 18.2 Å². The van der Waals surface area contributed by atoms with Gasteiger partial charge in [0.2, 0.25) is 5.91 Å². The molecule has 6 heteroatoms. The average Bonchev–Trinajstić information content (AvgIpc) is 2.56. The van der Waals surface area contributed by atoms with Crippen LogP contribution in [0.1, 0.15) is 34.1 Å². The third-order valence-electron chi connectivity index (χ3n) is 2.78. The van der Waals surface area contributed by atoms with Crippen LogP contribution in [0.25, 0.3) is 0 Å². The number of nitrogens with zero attached hydrogens (tertiary/aromatic N) is 1. The first-order valence-electron chi connectivity index (χ1n) is 5.93. The third-order valence-corrected chi connectivity index (χ3v) is 3.11. The van der Waals surface area contributed by atoms with Gasteiger partial charge in [-0.3, -0.25) is 4.79 Å². The second-order valence-electron chi connectivity index (χ2n) is 5.56. The van der Waals surface area contributed by atoms with Crippen LogP contribution in [0.4, 0.5) is 0 Å². The van der Waals surface area contributed by atoms with E-state index < -0.39 is 17.6 Å². The van der Waals surface area contributed by atoms with Gasteiger partial charge < -0.3 is 15.4 Å². The molecule has 1 aliphatic heterocycles. The van der Waals surface area contributed by atoms with Gasteiger partial charge in [0.15, 0.2) is 0 Å². The van der Waals surface area contributed by atoms with Crippen LogP contribution >= 0.6 is 12.2 Å². The van der Waals surface area contributed by atoms with Gasteiger partial charge in [-0.15, -0.1) is 0 Å². The van der Waals surface area contributed by atoms with E-state index in [4.69, 9.17) is 22.7 Å². The van der Waals surface area contributed by atoms with E-state index in [2.05, 4.69) is 0 Å². The monoisotopic (exact) mass is 272 g/mol. The number of hydrogen-bond donors (Lipinski definition) is 1. The molecule has 2 atom stereocenters.